The highest BCUT2D eigenvalue weighted by molar-refractivity contribution is 7.99. The summed E-state index contributed by atoms with van der Waals surface area (Å²) in [5.74, 6) is 1.79. The molecule has 1 fully saturated rings. The molecular formula is C21H24N2O5S. The quantitative estimate of drug-likeness (QED) is 0.530. The third-order valence-electron chi connectivity index (χ3n) is 4.71. The summed E-state index contributed by atoms with van der Waals surface area (Å²) in [6.07, 6.45) is 0.225. The molecule has 1 heterocycles. The predicted octanol–water partition coefficient (Wildman–Crippen LogP) is 2.74. The second-order valence-electron chi connectivity index (χ2n) is 6.62. The fourth-order valence-corrected chi connectivity index (χ4v) is 4.27. The molecule has 0 aromatic heterocycles. The van der Waals surface area contributed by atoms with Crippen molar-refractivity contribution in [3.8, 4) is 11.5 Å². The number of methoxy groups -OCH3 is 1. The number of carbonyl (C=O) groups excluding carboxylic acids is 2. The third-order valence-corrected chi connectivity index (χ3v) is 5.79. The number of esters is 1. The smallest absolute Gasteiger partial charge is 0.337 e. The van der Waals surface area contributed by atoms with Crippen LogP contribution in [-0.2, 0) is 16.0 Å². The van der Waals surface area contributed by atoms with E-state index in [1.807, 2.05) is 11.0 Å². The van der Waals surface area contributed by atoms with Crippen molar-refractivity contribution in [2.45, 2.75) is 12.5 Å². The molecule has 1 atom stereocenters. The van der Waals surface area contributed by atoms with Crippen LogP contribution in [0, 0.1) is 0 Å². The van der Waals surface area contributed by atoms with Gasteiger partial charge in [0.1, 0.15) is 18.1 Å². The van der Waals surface area contributed by atoms with Gasteiger partial charge in [0.15, 0.2) is 0 Å². The van der Waals surface area contributed by atoms with Crippen LogP contribution in [0.4, 0.5) is 5.69 Å². The SMILES string of the molecule is CNc1ccc(CC(=O)N2CSC[C@H]2COc2ccc(C(=O)OC)cc2)cc1O. The summed E-state index contributed by atoms with van der Waals surface area (Å²) in [6, 6.07) is 11.9. The second kappa shape index (κ2) is 9.56. The number of hydrogen-bond donors (Lipinski definition) is 2. The Bertz CT molecular complexity index is 872. The van der Waals surface area contributed by atoms with Crippen LogP contribution in [0.25, 0.3) is 0 Å². The highest BCUT2D eigenvalue weighted by atomic mass is 32.2. The number of phenols is 1. The molecule has 0 saturated carbocycles. The van der Waals surface area contributed by atoms with E-state index in [4.69, 9.17) is 4.74 Å². The Morgan fingerprint density at radius 1 is 1.24 bits per heavy atom. The average Bonchev–Trinajstić information content (AvgIpc) is 3.21. The van der Waals surface area contributed by atoms with E-state index in [1.54, 1.807) is 55.2 Å². The van der Waals surface area contributed by atoms with Gasteiger partial charge in [-0.2, -0.15) is 0 Å². The van der Waals surface area contributed by atoms with Crippen molar-refractivity contribution in [2.75, 3.05) is 37.7 Å². The average molecular weight is 416 g/mol. The maximum Gasteiger partial charge on any atom is 0.337 e. The zero-order valence-electron chi connectivity index (χ0n) is 16.4. The van der Waals surface area contributed by atoms with Crippen molar-refractivity contribution < 1.29 is 24.2 Å². The number of carbonyl (C=O) groups is 2. The van der Waals surface area contributed by atoms with Gasteiger partial charge < -0.3 is 24.8 Å². The van der Waals surface area contributed by atoms with Gasteiger partial charge in [-0.3, -0.25) is 4.79 Å². The van der Waals surface area contributed by atoms with Gasteiger partial charge in [0.25, 0.3) is 0 Å². The molecule has 1 aliphatic heterocycles. The summed E-state index contributed by atoms with van der Waals surface area (Å²) >= 11 is 1.69. The van der Waals surface area contributed by atoms with Crippen molar-refractivity contribution in [3.63, 3.8) is 0 Å². The lowest BCUT2D eigenvalue weighted by Crippen LogP contribution is -2.41. The highest BCUT2D eigenvalue weighted by Gasteiger charge is 2.29. The molecule has 8 heteroatoms. The Kier molecular flexibility index (Phi) is 6.87. The summed E-state index contributed by atoms with van der Waals surface area (Å²) < 4.78 is 10.5. The summed E-state index contributed by atoms with van der Waals surface area (Å²) in [5, 5.41) is 12.9. The maximum atomic E-state index is 12.8. The van der Waals surface area contributed by atoms with Gasteiger partial charge in [-0.25, -0.2) is 4.79 Å². The molecule has 154 valence electrons. The predicted molar refractivity (Wildman–Crippen MR) is 113 cm³/mol. The number of amides is 1. The van der Waals surface area contributed by atoms with Crippen LogP contribution in [0.1, 0.15) is 15.9 Å². The van der Waals surface area contributed by atoms with E-state index >= 15 is 0 Å². The van der Waals surface area contributed by atoms with Gasteiger partial charge in [0, 0.05) is 12.8 Å². The van der Waals surface area contributed by atoms with Crippen LogP contribution >= 0.6 is 11.8 Å². The lowest BCUT2D eigenvalue weighted by molar-refractivity contribution is -0.131. The number of aromatic hydroxyl groups is 1. The van der Waals surface area contributed by atoms with Gasteiger partial charge in [-0.15, -0.1) is 11.8 Å². The third kappa shape index (κ3) is 5.14. The molecule has 2 aromatic rings. The summed E-state index contributed by atoms with van der Waals surface area (Å²) in [4.78, 5) is 26.1. The molecule has 0 radical (unpaired) electrons. The van der Waals surface area contributed by atoms with Gasteiger partial charge in [0.2, 0.25) is 5.91 Å². The fraction of sp³-hybridized carbons (Fsp3) is 0.333. The minimum atomic E-state index is -0.394. The van der Waals surface area contributed by atoms with Gasteiger partial charge in [0.05, 0.1) is 36.7 Å². The van der Waals surface area contributed by atoms with Crippen molar-refractivity contribution in [3.05, 3.63) is 53.6 Å². The number of hydrogen-bond acceptors (Lipinski definition) is 7. The fourth-order valence-electron chi connectivity index (χ4n) is 3.07. The van der Waals surface area contributed by atoms with E-state index in [1.165, 1.54) is 7.11 Å². The molecule has 1 saturated heterocycles. The summed E-state index contributed by atoms with van der Waals surface area (Å²) in [7, 11) is 3.07. The maximum absolute atomic E-state index is 12.8. The molecular weight excluding hydrogens is 392 g/mol. The van der Waals surface area contributed by atoms with Gasteiger partial charge in [-0.1, -0.05) is 6.07 Å². The molecule has 1 aliphatic rings. The van der Waals surface area contributed by atoms with Gasteiger partial charge in [-0.05, 0) is 42.0 Å². The zero-order chi connectivity index (χ0) is 20.8. The van der Waals surface area contributed by atoms with Crippen molar-refractivity contribution in [2.24, 2.45) is 0 Å². The lowest BCUT2D eigenvalue weighted by atomic mass is 10.1. The normalized spacial score (nSPS) is 15.8. The van der Waals surface area contributed by atoms with E-state index in [-0.39, 0.29) is 24.1 Å². The van der Waals surface area contributed by atoms with Crippen molar-refractivity contribution in [1.29, 1.82) is 0 Å². The number of nitrogens with one attached hydrogen (secondary N) is 1. The number of ether oxygens (including phenoxy) is 2. The number of rotatable bonds is 7. The number of phenolic OH excluding ortho intramolecular Hbond substituents is 1. The topological polar surface area (TPSA) is 88.1 Å². The molecule has 2 aromatic carbocycles. The zero-order valence-corrected chi connectivity index (χ0v) is 17.2. The van der Waals surface area contributed by atoms with E-state index in [2.05, 4.69) is 10.1 Å². The van der Waals surface area contributed by atoms with Crippen LogP contribution in [0.2, 0.25) is 0 Å². The molecule has 29 heavy (non-hydrogen) atoms. The first-order chi connectivity index (χ1) is 14.0. The Hall–Kier alpha value is -2.87. The number of benzene rings is 2. The Labute approximate surface area is 174 Å². The van der Waals surface area contributed by atoms with E-state index in [0.29, 0.717) is 29.5 Å². The van der Waals surface area contributed by atoms with Crippen molar-refractivity contribution >= 4 is 29.3 Å². The highest BCUT2D eigenvalue weighted by Crippen LogP contribution is 2.26. The molecule has 0 aliphatic carbocycles. The summed E-state index contributed by atoms with van der Waals surface area (Å²) in [6.45, 7) is 0.375. The van der Waals surface area contributed by atoms with Crippen LogP contribution in [-0.4, -0.2) is 60.3 Å². The lowest BCUT2D eigenvalue weighted by Gasteiger charge is -2.24. The monoisotopic (exact) mass is 416 g/mol. The Balaban J connectivity index is 1.57. The Morgan fingerprint density at radius 3 is 2.66 bits per heavy atom. The van der Waals surface area contributed by atoms with Crippen LogP contribution in [0.5, 0.6) is 11.5 Å². The molecule has 2 N–H and O–H groups in total. The molecule has 0 unspecified atom stereocenters. The van der Waals surface area contributed by atoms with Crippen molar-refractivity contribution in [1.82, 2.24) is 4.90 Å². The molecule has 1 amide bonds. The second-order valence-corrected chi connectivity index (χ2v) is 7.62. The van der Waals surface area contributed by atoms with E-state index < -0.39 is 5.97 Å². The minimum Gasteiger partial charge on any atom is -0.506 e. The number of anilines is 1. The molecule has 7 nitrogen and oxygen atoms in total. The first-order valence-electron chi connectivity index (χ1n) is 9.20. The first-order valence-corrected chi connectivity index (χ1v) is 10.4. The van der Waals surface area contributed by atoms with E-state index in [9.17, 15) is 14.7 Å². The summed E-state index contributed by atoms with van der Waals surface area (Å²) in [5.41, 5.74) is 1.85. The van der Waals surface area contributed by atoms with Gasteiger partial charge >= 0.3 is 5.97 Å². The standard InChI is InChI=1S/C21H24N2O5S/c1-22-18-8-3-14(9-19(18)24)10-20(25)23-13-29-12-16(23)11-28-17-6-4-15(5-7-17)21(26)27-2/h3-9,16,22,24H,10-13H2,1-2H3/t16-/m1/s1. The largest absolute Gasteiger partial charge is 0.506 e. The minimum absolute atomic E-state index is 0.00115. The van der Waals surface area contributed by atoms with Crippen LogP contribution < -0.4 is 10.1 Å². The van der Waals surface area contributed by atoms with Crippen LogP contribution in [0.15, 0.2) is 42.5 Å². The molecule has 3 rings (SSSR count). The first kappa shape index (κ1) is 20.9. The molecule has 0 bridgehead atoms. The number of thioether (sulfide) groups is 1. The number of nitrogens with zero attached hydrogens (tertiary/aromatic N) is 1. The van der Waals surface area contributed by atoms with E-state index in [0.717, 1.165) is 11.3 Å². The Morgan fingerprint density at radius 2 is 2.00 bits per heavy atom. The van der Waals surface area contributed by atoms with Crippen LogP contribution in [0.3, 0.4) is 0 Å². The molecule has 0 spiro atoms.